The highest BCUT2D eigenvalue weighted by molar-refractivity contribution is 6.74. The molecule has 1 aromatic carbocycles. The van der Waals surface area contributed by atoms with E-state index in [4.69, 9.17) is 4.43 Å². The first-order valence-electron chi connectivity index (χ1n) is 10.7. The van der Waals surface area contributed by atoms with Crippen LogP contribution in [0.5, 0.6) is 5.75 Å². The first-order chi connectivity index (χ1) is 12.5. The van der Waals surface area contributed by atoms with Crippen LogP contribution in [0.25, 0.3) is 5.57 Å². The summed E-state index contributed by atoms with van der Waals surface area (Å²) in [6.45, 7) is 13.8. The van der Waals surface area contributed by atoms with Gasteiger partial charge in [-0.05, 0) is 90.9 Å². The minimum Gasteiger partial charge on any atom is -0.543 e. The topological polar surface area (TPSA) is 29.5 Å². The van der Waals surface area contributed by atoms with Gasteiger partial charge in [-0.25, -0.2) is 0 Å². The van der Waals surface area contributed by atoms with Crippen LogP contribution in [-0.4, -0.2) is 19.5 Å². The molecule has 1 saturated carbocycles. The van der Waals surface area contributed by atoms with Crippen molar-refractivity contribution >= 4 is 13.9 Å². The number of aliphatic hydroxyl groups is 1. The van der Waals surface area contributed by atoms with Crippen LogP contribution in [-0.2, 0) is 6.42 Å². The Balaban J connectivity index is 1.63. The minimum atomic E-state index is -1.80. The van der Waals surface area contributed by atoms with E-state index in [0.717, 1.165) is 25.0 Å². The van der Waals surface area contributed by atoms with Crippen molar-refractivity contribution in [3.8, 4) is 5.75 Å². The van der Waals surface area contributed by atoms with Crippen molar-refractivity contribution in [3.05, 3.63) is 35.4 Å². The molecule has 0 heterocycles. The average molecular weight is 385 g/mol. The van der Waals surface area contributed by atoms with Crippen molar-refractivity contribution in [1.29, 1.82) is 0 Å². The van der Waals surface area contributed by atoms with Gasteiger partial charge in [0.1, 0.15) is 5.75 Å². The standard InChI is InChI=1S/C24H36O2Si/c1-23(2,3)27(5,6)26-17-8-10-18-16(15-17)7-9-20-19(18)13-14-24(4)21(20)11-12-22(24)25/h8,10,13,15,20-22,25H,7,9,11-12,14H2,1-6H3/t20?,21?,22?,24-/m0/s1. The van der Waals surface area contributed by atoms with E-state index in [0.29, 0.717) is 11.8 Å². The molecular weight excluding hydrogens is 348 g/mol. The molecule has 0 aliphatic heterocycles. The van der Waals surface area contributed by atoms with Gasteiger partial charge in [-0.3, -0.25) is 0 Å². The number of rotatable bonds is 2. The first kappa shape index (κ1) is 19.3. The Hall–Kier alpha value is -1.06. The number of aryl methyl sites for hydroxylation is 1. The van der Waals surface area contributed by atoms with E-state index >= 15 is 0 Å². The lowest BCUT2D eigenvalue weighted by Crippen LogP contribution is -2.43. The summed E-state index contributed by atoms with van der Waals surface area (Å²) in [5, 5.41) is 10.8. The fraction of sp³-hybridized carbons (Fsp3) is 0.667. The van der Waals surface area contributed by atoms with E-state index in [1.54, 1.807) is 5.57 Å². The Morgan fingerprint density at radius 3 is 2.59 bits per heavy atom. The van der Waals surface area contributed by atoms with Crippen LogP contribution < -0.4 is 4.43 Å². The SMILES string of the molecule is CC(C)(C)[Si](C)(C)Oc1ccc2c(c1)CCC1C2=CC[C@]2(C)C(O)CCC12. The van der Waals surface area contributed by atoms with Crippen molar-refractivity contribution < 1.29 is 9.53 Å². The third-order valence-electron chi connectivity index (χ3n) is 8.30. The van der Waals surface area contributed by atoms with Crippen LogP contribution in [0.3, 0.4) is 0 Å². The quantitative estimate of drug-likeness (QED) is 0.615. The van der Waals surface area contributed by atoms with Gasteiger partial charge >= 0.3 is 0 Å². The predicted octanol–water partition coefficient (Wildman–Crippen LogP) is 6.20. The maximum Gasteiger partial charge on any atom is 0.250 e. The molecule has 3 aliphatic rings. The van der Waals surface area contributed by atoms with Gasteiger partial charge in [-0.1, -0.05) is 39.8 Å². The van der Waals surface area contributed by atoms with E-state index in [1.807, 2.05) is 0 Å². The van der Waals surface area contributed by atoms with E-state index in [-0.39, 0.29) is 16.6 Å². The Morgan fingerprint density at radius 1 is 1.15 bits per heavy atom. The molecule has 0 radical (unpaired) electrons. The molecule has 27 heavy (non-hydrogen) atoms. The summed E-state index contributed by atoms with van der Waals surface area (Å²) in [6, 6.07) is 6.81. The van der Waals surface area contributed by atoms with Crippen LogP contribution in [0.4, 0.5) is 0 Å². The molecule has 4 atom stereocenters. The molecule has 1 fully saturated rings. The van der Waals surface area contributed by atoms with Crippen molar-refractivity contribution in [1.82, 2.24) is 0 Å². The second kappa shape index (κ2) is 6.22. The van der Waals surface area contributed by atoms with Gasteiger partial charge in [-0.2, -0.15) is 0 Å². The highest BCUT2D eigenvalue weighted by Crippen LogP contribution is 2.58. The fourth-order valence-electron chi connectivity index (χ4n) is 5.44. The van der Waals surface area contributed by atoms with Crippen molar-refractivity contribution in [2.24, 2.45) is 17.3 Å². The molecule has 0 aromatic heterocycles. The fourth-order valence-corrected chi connectivity index (χ4v) is 6.46. The summed E-state index contributed by atoms with van der Waals surface area (Å²) < 4.78 is 6.55. The molecule has 1 aromatic rings. The zero-order valence-corrected chi connectivity index (χ0v) is 18.9. The lowest BCUT2D eigenvalue weighted by molar-refractivity contribution is 0.0251. The third kappa shape index (κ3) is 3.02. The van der Waals surface area contributed by atoms with Crippen molar-refractivity contribution in [3.63, 3.8) is 0 Å². The lowest BCUT2D eigenvalue weighted by atomic mass is 9.60. The maximum atomic E-state index is 10.5. The van der Waals surface area contributed by atoms with Gasteiger partial charge in [-0.15, -0.1) is 0 Å². The van der Waals surface area contributed by atoms with E-state index in [9.17, 15) is 5.11 Å². The summed E-state index contributed by atoms with van der Waals surface area (Å²) in [5.74, 6) is 2.32. The average Bonchev–Trinajstić information content (AvgIpc) is 2.88. The summed E-state index contributed by atoms with van der Waals surface area (Å²) in [6.07, 6.45) is 7.85. The number of hydrogen-bond acceptors (Lipinski definition) is 2. The summed E-state index contributed by atoms with van der Waals surface area (Å²) in [4.78, 5) is 0. The molecule has 148 valence electrons. The smallest absolute Gasteiger partial charge is 0.250 e. The summed E-state index contributed by atoms with van der Waals surface area (Å²) in [5.41, 5.74) is 4.54. The van der Waals surface area contributed by atoms with Crippen LogP contribution in [0.1, 0.15) is 64.5 Å². The Kier molecular flexibility index (Phi) is 4.44. The Bertz CT molecular complexity index is 773. The molecule has 3 unspecified atom stereocenters. The van der Waals surface area contributed by atoms with Crippen LogP contribution >= 0.6 is 0 Å². The molecular formula is C24H36O2Si. The van der Waals surface area contributed by atoms with Gasteiger partial charge in [0.15, 0.2) is 0 Å². The van der Waals surface area contributed by atoms with E-state index in [1.165, 1.54) is 24.0 Å². The highest BCUT2D eigenvalue weighted by atomic mass is 28.4. The number of aliphatic hydroxyl groups excluding tert-OH is 1. The second-order valence-electron chi connectivity index (χ2n) is 10.9. The van der Waals surface area contributed by atoms with Crippen LogP contribution in [0.2, 0.25) is 18.1 Å². The summed E-state index contributed by atoms with van der Waals surface area (Å²) >= 11 is 0. The predicted molar refractivity (Wildman–Crippen MR) is 116 cm³/mol. The van der Waals surface area contributed by atoms with Gasteiger partial charge in [0.05, 0.1) is 6.10 Å². The molecule has 0 bridgehead atoms. The molecule has 4 rings (SSSR count). The molecule has 2 nitrogen and oxygen atoms in total. The van der Waals surface area contributed by atoms with Gasteiger partial charge < -0.3 is 9.53 Å². The molecule has 0 spiro atoms. The Morgan fingerprint density at radius 2 is 1.89 bits per heavy atom. The maximum absolute atomic E-state index is 10.5. The first-order valence-corrected chi connectivity index (χ1v) is 13.6. The van der Waals surface area contributed by atoms with Crippen molar-refractivity contribution in [2.75, 3.05) is 0 Å². The normalized spacial score (nSPS) is 33.0. The number of allylic oxidation sites excluding steroid dienone is 2. The third-order valence-corrected chi connectivity index (χ3v) is 12.7. The van der Waals surface area contributed by atoms with E-state index < -0.39 is 8.32 Å². The van der Waals surface area contributed by atoms with Gasteiger partial charge in [0.2, 0.25) is 8.32 Å². The lowest BCUT2D eigenvalue weighted by Gasteiger charge is -2.45. The highest BCUT2D eigenvalue weighted by Gasteiger charge is 2.52. The van der Waals surface area contributed by atoms with Gasteiger partial charge in [0.25, 0.3) is 0 Å². The summed E-state index contributed by atoms with van der Waals surface area (Å²) in [7, 11) is -1.80. The largest absolute Gasteiger partial charge is 0.543 e. The van der Waals surface area contributed by atoms with Crippen LogP contribution in [0.15, 0.2) is 24.3 Å². The molecule has 3 heteroatoms. The molecule has 0 saturated heterocycles. The molecule has 3 aliphatic carbocycles. The zero-order chi connectivity index (χ0) is 19.6. The minimum absolute atomic E-state index is 0.0943. The number of hydrogen-bond donors (Lipinski definition) is 1. The monoisotopic (exact) mass is 384 g/mol. The number of fused-ring (bicyclic) bond motifs is 5. The molecule has 0 amide bonds. The van der Waals surface area contributed by atoms with E-state index in [2.05, 4.69) is 65.1 Å². The van der Waals surface area contributed by atoms with Crippen molar-refractivity contribution in [2.45, 2.75) is 84.0 Å². The van der Waals surface area contributed by atoms with Gasteiger partial charge in [0, 0.05) is 5.41 Å². The zero-order valence-electron chi connectivity index (χ0n) is 17.9. The molecule has 1 N–H and O–H groups in total. The van der Waals surface area contributed by atoms with Crippen LogP contribution in [0, 0.1) is 17.3 Å². The second-order valence-corrected chi connectivity index (χ2v) is 15.6. The number of benzene rings is 1. The Labute approximate surface area is 166 Å².